The van der Waals surface area contributed by atoms with Crippen LogP contribution in [0.4, 0.5) is 0 Å². The fourth-order valence-corrected chi connectivity index (χ4v) is 2.58. The maximum atomic E-state index is 4.61. The Kier molecular flexibility index (Phi) is 6.99. The van der Waals surface area contributed by atoms with Crippen LogP contribution in [0.5, 0.6) is 0 Å². The number of unbranched alkanes of at least 4 members (excludes halogenated alkanes) is 1. The Labute approximate surface area is 127 Å². The maximum absolute atomic E-state index is 4.61. The number of aromatic nitrogens is 1. The highest BCUT2D eigenvalue weighted by atomic mass is 32.1. The van der Waals surface area contributed by atoms with Gasteiger partial charge in [-0.1, -0.05) is 0 Å². The number of nitrogens with one attached hydrogen (secondary N) is 2. The molecule has 5 heteroatoms. The van der Waals surface area contributed by atoms with E-state index < -0.39 is 0 Å². The van der Waals surface area contributed by atoms with Crippen molar-refractivity contribution >= 4 is 17.3 Å². The van der Waals surface area contributed by atoms with E-state index in [2.05, 4.69) is 53.7 Å². The maximum Gasteiger partial charge on any atom is 0.191 e. The van der Waals surface area contributed by atoms with E-state index >= 15 is 0 Å². The summed E-state index contributed by atoms with van der Waals surface area (Å²) in [5.74, 6) is 0.907. The molecule has 0 fully saturated rings. The van der Waals surface area contributed by atoms with Crippen molar-refractivity contribution in [1.29, 1.82) is 0 Å². The number of rotatable bonds is 6. The van der Waals surface area contributed by atoms with Crippen LogP contribution in [0, 0.1) is 6.92 Å². The smallest absolute Gasteiger partial charge is 0.191 e. The zero-order valence-corrected chi connectivity index (χ0v) is 14.2. The molecule has 1 aromatic rings. The molecule has 4 nitrogen and oxygen atoms in total. The van der Waals surface area contributed by atoms with Gasteiger partial charge in [0.05, 0.1) is 5.01 Å². The van der Waals surface area contributed by atoms with Gasteiger partial charge in [-0.25, -0.2) is 4.98 Å². The van der Waals surface area contributed by atoms with Gasteiger partial charge in [-0.2, -0.15) is 0 Å². The number of nitrogens with zero attached hydrogens (tertiary/aromatic N) is 2. The Morgan fingerprint density at radius 3 is 2.65 bits per heavy atom. The molecule has 0 amide bonds. The first-order chi connectivity index (χ1) is 9.40. The molecular weight excluding hydrogens is 268 g/mol. The highest BCUT2D eigenvalue weighted by Crippen LogP contribution is 2.11. The highest BCUT2D eigenvalue weighted by Gasteiger charge is 2.11. The van der Waals surface area contributed by atoms with Crippen molar-refractivity contribution in [3.63, 3.8) is 0 Å². The van der Waals surface area contributed by atoms with Crippen LogP contribution in [-0.2, 0) is 6.42 Å². The molecule has 0 spiro atoms. The molecule has 1 aromatic heterocycles. The molecule has 1 heterocycles. The summed E-state index contributed by atoms with van der Waals surface area (Å²) >= 11 is 1.76. The number of hydrogen-bond donors (Lipinski definition) is 2. The largest absolute Gasteiger partial charge is 0.357 e. The molecule has 0 unspecified atom stereocenters. The molecule has 114 valence electrons. The number of thiazole rings is 1. The van der Waals surface area contributed by atoms with Gasteiger partial charge >= 0.3 is 0 Å². The van der Waals surface area contributed by atoms with Crippen molar-refractivity contribution in [3.8, 4) is 0 Å². The normalized spacial score (nSPS) is 12.6. The minimum Gasteiger partial charge on any atom is -0.357 e. The Bertz CT molecular complexity index is 418. The van der Waals surface area contributed by atoms with Gasteiger partial charge in [0.1, 0.15) is 0 Å². The van der Waals surface area contributed by atoms with Crippen LogP contribution in [0.25, 0.3) is 0 Å². The molecular formula is C15H28N4S. The lowest BCUT2D eigenvalue weighted by Gasteiger charge is -2.23. The number of guanidine groups is 1. The van der Waals surface area contributed by atoms with Gasteiger partial charge in [-0.05, 0) is 53.9 Å². The Morgan fingerprint density at radius 2 is 2.10 bits per heavy atom. The van der Waals surface area contributed by atoms with Crippen molar-refractivity contribution in [2.24, 2.45) is 4.99 Å². The Balaban J connectivity index is 2.29. The van der Waals surface area contributed by atoms with E-state index in [1.807, 2.05) is 6.92 Å². The summed E-state index contributed by atoms with van der Waals surface area (Å²) in [5.41, 5.74) is 1.17. The second-order valence-corrected chi connectivity index (χ2v) is 6.92. The van der Waals surface area contributed by atoms with Crippen molar-refractivity contribution in [2.75, 3.05) is 13.1 Å². The second kappa shape index (κ2) is 8.25. The zero-order chi connectivity index (χ0) is 15.0. The van der Waals surface area contributed by atoms with Crippen molar-refractivity contribution in [1.82, 2.24) is 15.6 Å². The van der Waals surface area contributed by atoms with Gasteiger partial charge in [0.2, 0.25) is 0 Å². The molecule has 0 aliphatic rings. The third kappa shape index (κ3) is 7.48. The van der Waals surface area contributed by atoms with Gasteiger partial charge < -0.3 is 10.6 Å². The first-order valence-electron chi connectivity index (χ1n) is 7.38. The SMILES string of the molecule is CCNC(=NCCCCc1nc(C)cs1)NC(C)(C)C. The lowest BCUT2D eigenvalue weighted by Crippen LogP contribution is -2.47. The van der Waals surface area contributed by atoms with Gasteiger partial charge in [0.25, 0.3) is 0 Å². The monoisotopic (exact) mass is 296 g/mol. The summed E-state index contributed by atoms with van der Waals surface area (Å²) in [6, 6.07) is 0. The minimum atomic E-state index is 0.0411. The number of hydrogen-bond acceptors (Lipinski definition) is 3. The molecule has 0 radical (unpaired) electrons. The van der Waals surface area contributed by atoms with Crippen LogP contribution >= 0.6 is 11.3 Å². The van der Waals surface area contributed by atoms with E-state index in [-0.39, 0.29) is 5.54 Å². The summed E-state index contributed by atoms with van der Waals surface area (Å²) in [6.45, 7) is 12.3. The molecule has 0 atom stereocenters. The molecule has 0 saturated heterocycles. The third-order valence-corrected chi connectivity index (χ3v) is 3.60. The fourth-order valence-electron chi connectivity index (χ4n) is 1.76. The molecule has 0 bridgehead atoms. The minimum absolute atomic E-state index is 0.0411. The van der Waals surface area contributed by atoms with Gasteiger partial charge in [0, 0.05) is 29.7 Å². The van der Waals surface area contributed by atoms with Crippen LogP contribution in [-0.4, -0.2) is 29.6 Å². The van der Waals surface area contributed by atoms with Gasteiger partial charge in [0.15, 0.2) is 5.96 Å². The fraction of sp³-hybridized carbons (Fsp3) is 0.733. The third-order valence-electron chi connectivity index (χ3n) is 2.57. The first-order valence-corrected chi connectivity index (χ1v) is 8.26. The zero-order valence-electron chi connectivity index (χ0n) is 13.4. The van der Waals surface area contributed by atoms with E-state index in [4.69, 9.17) is 0 Å². The van der Waals surface area contributed by atoms with Crippen molar-refractivity contribution in [3.05, 3.63) is 16.1 Å². The molecule has 0 aliphatic carbocycles. The van der Waals surface area contributed by atoms with Crippen LogP contribution in [0.3, 0.4) is 0 Å². The molecule has 0 saturated carbocycles. The van der Waals surface area contributed by atoms with Crippen LogP contribution in [0.2, 0.25) is 0 Å². The first kappa shape index (κ1) is 17.0. The predicted molar refractivity (Wildman–Crippen MR) is 88.7 cm³/mol. The average Bonchev–Trinajstić information content (AvgIpc) is 2.73. The molecule has 2 N–H and O–H groups in total. The average molecular weight is 296 g/mol. The van der Waals surface area contributed by atoms with E-state index in [0.29, 0.717) is 0 Å². The predicted octanol–water partition coefficient (Wildman–Crippen LogP) is 3.13. The summed E-state index contributed by atoms with van der Waals surface area (Å²) in [4.78, 5) is 9.09. The lowest BCUT2D eigenvalue weighted by molar-refractivity contribution is 0.501. The van der Waals surface area contributed by atoms with E-state index in [0.717, 1.165) is 44.0 Å². The summed E-state index contributed by atoms with van der Waals surface area (Å²) in [5, 5.41) is 10.0. The summed E-state index contributed by atoms with van der Waals surface area (Å²) in [6.07, 6.45) is 3.31. The summed E-state index contributed by atoms with van der Waals surface area (Å²) < 4.78 is 0. The van der Waals surface area contributed by atoms with Crippen LogP contribution in [0.1, 0.15) is 51.2 Å². The summed E-state index contributed by atoms with van der Waals surface area (Å²) in [7, 11) is 0. The van der Waals surface area contributed by atoms with Crippen LogP contribution in [0.15, 0.2) is 10.4 Å². The van der Waals surface area contributed by atoms with Crippen LogP contribution < -0.4 is 10.6 Å². The Hall–Kier alpha value is -1.10. The quantitative estimate of drug-likeness (QED) is 0.482. The molecule has 0 aliphatic heterocycles. The molecule has 20 heavy (non-hydrogen) atoms. The number of aliphatic imine (C=N–C) groups is 1. The van der Waals surface area contributed by atoms with E-state index in [9.17, 15) is 0 Å². The van der Waals surface area contributed by atoms with E-state index in [1.54, 1.807) is 11.3 Å². The standard InChI is InChI=1S/C15H28N4S/c1-6-16-14(19-15(3,4)5)17-10-8-7-9-13-18-12(2)11-20-13/h11H,6-10H2,1-5H3,(H2,16,17,19). The topological polar surface area (TPSA) is 49.3 Å². The van der Waals surface area contributed by atoms with E-state index in [1.165, 1.54) is 5.01 Å². The highest BCUT2D eigenvalue weighted by molar-refractivity contribution is 7.09. The second-order valence-electron chi connectivity index (χ2n) is 5.98. The lowest BCUT2D eigenvalue weighted by atomic mass is 10.1. The molecule has 1 rings (SSSR count). The van der Waals surface area contributed by atoms with Gasteiger partial charge in [-0.15, -0.1) is 11.3 Å². The van der Waals surface area contributed by atoms with Crippen molar-refractivity contribution in [2.45, 2.75) is 59.4 Å². The van der Waals surface area contributed by atoms with Crippen molar-refractivity contribution < 1.29 is 0 Å². The Morgan fingerprint density at radius 1 is 1.35 bits per heavy atom. The van der Waals surface area contributed by atoms with Gasteiger partial charge in [-0.3, -0.25) is 4.99 Å². The molecule has 0 aromatic carbocycles. The number of aryl methyl sites for hydroxylation is 2.